The van der Waals surface area contributed by atoms with Gasteiger partial charge < -0.3 is 4.90 Å². The van der Waals surface area contributed by atoms with Crippen molar-refractivity contribution in [1.82, 2.24) is 10.2 Å². The van der Waals surface area contributed by atoms with Gasteiger partial charge >= 0.3 is 0 Å². The summed E-state index contributed by atoms with van der Waals surface area (Å²) in [5.74, 6) is -1.89. The first-order chi connectivity index (χ1) is 8.06. The van der Waals surface area contributed by atoms with E-state index in [1.807, 2.05) is 25.1 Å². The van der Waals surface area contributed by atoms with Crippen LogP contribution in [0, 0.1) is 23.0 Å². The van der Waals surface area contributed by atoms with Crippen LogP contribution < -0.4 is 5.32 Å². The van der Waals surface area contributed by atoms with E-state index in [1.165, 1.54) is 12.1 Å². The molecule has 1 unspecified atom stereocenters. The van der Waals surface area contributed by atoms with Gasteiger partial charge in [0.15, 0.2) is 11.6 Å². The third kappa shape index (κ3) is 3.77. The lowest BCUT2D eigenvalue weighted by molar-refractivity contribution is 0.392. The standard InChI is InChI=1S/C12H15F2N3/c1-17(2)7-6-16-11(8-15)9-4-3-5-10(13)12(9)14/h3-5,11,16H,6-7H2,1-2H3. The molecular weight excluding hydrogens is 224 g/mol. The maximum absolute atomic E-state index is 13.4. The number of nitrogens with zero attached hydrogens (tertiary/aromatic N) is 2. The smallest absolute Gasteiger partial charge is 0.164 e. The average molecular weight is 239 g/mol. The van der Waals surface area contributed by atoms with Gasteiger partial charge in [0.2, 0.25) is 0 Å². The maximum atomic E-state index is 13.4. The first-order valence-corrected chi connectivity index (χ1v) is 5.28. The summed E-state index contributed by atoms with van der Waals surface area (Å²) >= 11 is 0. The highest BCUT2D eigenvalue weighted by Gasteiger charge is 2.16. The second-order valence-corrected chi connectivity index (χ2v) is 3.96. The molecule has 1 atom stereocenters. The molecule has 0 aliphatic heterocycles. The Morgan fingerprint density at radius 2 is 2.12 bits per heavy atom. The van der Waals surface area contributed by atoms with Crippen molar-refractivity contribution in [3.63, 3.8) is 0 Å². The van der Waals surface area contributed by atoms with Gasteiger partial charge in [-0.3, -0.25) is 5.32 Å². The SMILES string of the molecule is CN(C)CCNC(C#N)c1cccc(F)c1F. The highest BCUT2D eigenvalue weighted by molar-refractivity contribution is 5.26. The van der Waals surface area contributed by atoms with Crippen LogP contribution in [0.15, 0.2) is 18.2 Å². The van der Waals surface area contributed by atoms with Crippen LogP contribution in [-0.2, 0) is 0 Å². The van der Waals surface area contributed by atoms with Gasteiger partial charge in [0, 0.05) is 18.7 Å². The molecule has 0 fully saturated rings. The van der Waals surface area contributed by atoms with Crippen molar-refractivity contribution in [3.8, 4) is 6.07 Å². The maximum Gasteiger partial charge on any atom is 0.164 e. The number of nitriles is 1. The molecule has 1 N–H and O–H groups in total. The van der Waals surface area contributed by atoms with E-state index < -0.39 is 17.7 Å². The molecule has 0 aromatic heterocycles. The molecule has 0 spiro atoms. The number of hydrogen-bond donors (Lipinski definition) is 1. The first kappa shape index (κ1) is 13.6. The molecule has 0 saturated heterocycles. The van der Waals surface area contributed by atoms with E-state index in [4.69, 9.17) is 5.26 Å². The lowest BCUT2D eigenvalue weighted by atomic mass is 10.1. The van der Waals surface area contributed by atoms with Gasteiger partial charge in [0.05, 0.1) is 6.07 Å². The van der Waals surface area contributed by atoms with E-state index in [0.29, 0.717) is 6.54 Å². The summed E-state index contributed by atoms with van der Waals surface area (Å²) in [7, 11) is 3.79. The highest BCUT2D eigenvalue weighted by atomic mass is 19.2. The number of hydrogen-bond acceptors (Lipinski definition) is 3. The minimum Gasteiger partial charge on any atom is -0.308 e. The van der Waals surface area contributed by atoms with Gasteiger partial charge in [0.1, 0.15) is 6.04 Å². The minimum absolute atomic E-state index is 0.0475. The summed E-state index contributed by atoms with van der Waals surface area (Å²) in [6.07, 6.45) is 0. The zero-order valence-electron chi connectivity index (χ0n) is 9.87. The molecule has 3 nitrogen and oxygen atoms in total. The largest absolute Gasteiger partial charge is 0.308 e. The van der Waals surface area contributed by atoms with Crippen LogP contribution in [0.4, 0.5) is 8.78 Å². The molecule has 0 heterocycles. The highest BCUT2D eigenvalue weighted by Crippen LogP contribution is 2.18. The van der Waals surface area contributed by atoms with Gasteiger partial charge in [0.25, 0.3) is 0 Å². The summed E-state index contributed by atoms with van der Waals surface area (Å²) < 4.78 is 26.5. The van der Waals surface area contributed by atoms with Crippen molar-refractivity contribution >= 4 is 0 Å². The molecule has 0 aliphatic carbocycles. The van der Waals surface area contributed by atoms with Crippen molar-refractivity contribution < 1.29 is 8.78 Å². The second-order valence-electron chi connectivity index (χ2n) is 3.96. The molecule has 0 saturated carbocycles. The zero-order chi connectivity index (χ0) is 12.8. The summed E-state index contributed by atoms with van der Waals surface area (Å²) in [5, 5.41) is 11.8. The molecule has 1 aromatic carbocycles. The topological polar surface area (TPSA) is 39.1 Å². The lowest BCUT2D eigenvalue weighted by Crippen LogP contribution is -2.29. The Bertz CT molecular complexity index is 413. The fraction of sp³-hybridized carbons (Fsp3) is 0.417. The van der Waals surface area contributed by atoms with Crippen LogP contribution >= 0.6 is 0 Å². The monoisotopic (exact) mass is 239 g/mol. The van der Waals surface area contributed by atoms with Crippen LogP contribution in [0.5, 0.6) is 0 Å². The summed E-state index contributed by atoms with van der Waals surface area (Å²) in [6.45, 7) is 1.25. The molecule has 0 amide bonds. The van der Waals surface area contributed by atoms with Gasteiger partial charge in [-0.15, -0.1) is 0 Å². The molecular formula is C12H15F2N3. The predicted molar refractivity (Wildman–Crippen MR) is 61.3 cm³/mol. The third-order valence-electron chi connectivity index (χ3n) is 2.33. The van der Waals surface area contributed by atoms with Crippen LogP contribution in [-0.4, -0.2) is 32.1 Å². The van der Waals surface area contributed by atoms with Gasteiger partial charge in [-0.25, -0.2) is 8.78 Å². The third-order valence-corrected chi connectivity index (χ3v) is 2.33. The van der Waals surface area contributed by atoms with E-state index in [1.54, 1.807) is 0 Å². The number of likely N-dealkylation sites (N-methyl/N-ethyl adjacent to an activating group) is 1. The molecule has 0 bridgehead atoms. The Balaban J connectivity index is 2.74. The lowest BCUT2D eigenvalue weighted by Gasteiger charge is -2.15. The van der Waals surface area contributed by atoms with E-state index in [-0.39, 0.29) is 5.56 Å². The van der Waals surface area contributed by atoms with Gasteiger partial charge in [-0.2, -0.15) is 5.26 Å². The minimum atomic E-state index is -0.962. The Morgan fingerprint density at radius 1 is 1.41 bits per heavy atom. The Kier molecular flexibility index (Phi) is 5.01. The van der Waals surface area contributed by atoms with Crippen LogP contribution in [0.2, 0.25) is 0 Å². The van der Waals surface area contributed by atoms with Crippen LogP contribution in [0.3, 0.4) is 0 Å². The normalized spacial score (nSPS) is 12.5. The summed E-state index contributed by atoms with van der Waals surface area (Å²) in [4.78, 5) is 1.93. The van der Waals surface area contributed by atoms with E-state index in [9.17, 15) is 8.78 Å². The van der Waals surface area contributed by atoms with Crippen LogP contribution in [0.1, 0.15) is 11.6 Å². The fourth-order valence-electron chi connectivity index (χ4n) is 1.40. The zero-order valence-corrected chi connectivity index (χ0v) is 9.87. The Morgan fingerprint density at radius 3 is 2.71 bits per heavy atom. The van der Waals surface area contributed by atoms with Gasteiger partial charge in [-0.1, -0.05) is 12.1 Å². The van der Waals surface area contributed by atoms with Crippen molar-refractivity contribution in [1.29, 1.82) is 5.26 Å². The summed E-state index contributed by atoms with van der Waals surface area (Å²) in [6, 6.07) is 4.94. The first-order valence-electron chi connectivity index (χ1n) is 5.28. The van der Waals surface area contributed by atoms with E-state index in [2.05, 4.69) is 5.32 Å². The van der Waals surface area contributed by atoms with Crippen molar-refractivity contribution in [2.24, 2.45) is 0 Å². The van der Waals surface area contributed by atoms with Crippen molar-refractivity contribution in [3.05, 3.63) is 35.4 Å². The van der Waals surface area contributed by atoms with E-state index >= 15 is 0 Å². The fourth-order valence-corrected chi connectivity index (χ4v) is 1.40. The molecule has 5 heteroatoms. The molecule has 1 aromatic rings. The van der Waals surface area contributed by atoms with Crippen molar-refractivity contribution in [2.75, 3.05) is 27.2 Å². The average Bonchev–Trinajstić information content (AvgIpc) is 2.28. The van der Waals surface area contributed by atoms with Crippen LogP contribution in [0.25, 0.3) is 0 Å². The molecule has 17 heavy (non-hydrogen) atoms. The molecule has 0 aliphatic rings. The van der Waals surface area contributed by atoms with Crippen molar-refractivity contribution in [2.45, 2.75) is 6.04 Å². The quantitative estimate of drug-likeness (QED) is 0.849. The molecule has 0 radical (unpaired) electrons. The number of halogens is 2. The Hall–Kier alpha value is -1.51. The van der Waals surface area contributed by atoms with Gasteiger partial charge in [-0.05, 0) is 20.2 Å². The van der Waals surface area contributed by atoms with E-state index in [0.717, 1.165) is 12.6 Å². The number of rotatable bonds is 5. The number of benzene rings is 1. The number of nitrogens with one attached hydrogen (secondary N) is 1. The molecule has 92 valence electrons. The molecule has 1 rings (SSSR count). The Labute approximate surface area is 99.7 Å². The second kappa shape index (κ2) is 6.28. The predicted octanol–water partition coefficient (Wildman–Crippen LogP) is 1.68. The summed E-state index contributed by atoms with van der Waals surface area (Å²) in [5.41, 5.74) is 0.0475.